The van der Waals surface area contributed by atoms with Gasteiger partial charge in [-0.15, -0.1) is 11.3 Å². The fourth-order valence-corrected chi connectivity index (χ4v) is 4.85. The number of carbonyl (C=O) groups is 1. The van der Waals surface area contributed by atoms with Crippen LogP contribution >= 0.6 is 11.3 Å². The SMILES string of the molecule is COC(=O)C1=Cc2ccsc2S(=O)(=O)N1CCCCO. The highest BCUT2D eigenvalue weighted by Gasteiger charge is 2.36. The van der Waals surface area contributed by atoms with Gasteiger partial charge in [0.15, 0.2) is 0 Å². The van der Waals surface area contributed by atoms with Gasteiger partial charge in [0.1, 0.15) is 9.91 Å². The van der Waals surface area contributed by atoms with Gasteiger partial charge in [-0.25, -0.2) is 13.2 Å². The number of aliphatic hydroxyl groups is 1. The lowest BCUT2D eigenvalue weighted by Gasteiger charge is -2.28. The quantitative estimate of drug-likeness (QED) is 0.648. The summed E-state index contributed by atoms with van der Waals surface area (Å²) in [7, 11) is -2.51. The molecule has 110 valence electrons. The van der Waals surface area contributed by atoms with Crippen LogP contribution in [0, 0.1) is 0 Å². The lowest BCUT2D eigenvalue weighted by Crippen LogP contribution is -2.37. The van der Waals surface area contributed by atoms with E-state index in [0.717, 1.165) is 15.6 Å². The Morgan fingerprint density at radius 1 is 1.45 bits per heavy atom. The second-order valence-corrected chi connectivity index (χ2v) is 7.17. The molecule has 2 rings (SSSR count). The Hall–Kier alpha value is -1.38. The van der Waals surface area contributed by atoms with Crippen molar-refractivity contribution >= 4 is 33.4 Å². The summed E-state index contributed by atoms with van der Waals surface area (Å²) in [6.07, 6.45) is 2.46. The Balaban J connectivity index is 2.43. The van der Waals surface area contributed by atoms with Crippen molar-refractivity contribution in [1.29, 1.82) is 0 Å². The minimum absolute atomic E-state index is 0.0105. The third-order valence-corrected chi connectivity index (χ3v) is 6.21. The molecule has 1 aromatic rings. The van der Waals surface area contributed by atoms with Gasteiger partial charge in [0.2, 0.25) is 0 Å². The molecule has 0 saturated heterocycles. The molecule has 1 N–H and O–H groups in total. The number of methoxy groups -OCH3 is 1. The number of rotatable bonds is 5. The van der Waals surface area contributed by atoms with E-state index >= 15 is 0 Å². The first kappa shape index (κ1) is 15.0. The number of nitrogens with zero attached hydrogens (tertiary/aromatic N) is 1. The maximum atomic E-state index is 12.5. The van der Waals surface area contributed by atoms with E-state index in [1.54, 1.807) is 11.4 Å². The topological polar surface area (TPSA) is 83.9 Å². The first-order valence-electron chi connectivity index (χ1n) is 6.03. The molecule has 0 atom stereocenters. The Morgan fingerprint density at radius 3 is 2.85 bits per heavy atom. The predicted molar refractivity (Wildman–Crippen MR) is 74.5 cm³/mol. The van der Waals surface area contributed by atoms with E-state index in [-0.39, 0.29) is 23.1 Å². The molecule has 1 aliphatic rings. The fourth-order valence-electron chi connectivity index (χ4n) is 1.94. The van der Waals surface area contributed by atoms with Crippen LogP contribution in [0.3, 0.4) is 0 Å². The van der Waals surface area contributed by atoms with Gasteiger partial charge in [-0.3, -0.25) is 4.31 Å². The first-order valence-corrected chi connectivity index (χ1v) is 8.35. The summed E-state index contributed by atoms with van der Waals surface area (Å²) in [4.78, 5) is 11.8. The Bertz CT molecular complexity index is 632. The van der Waals surface area contributed by atoms with E-state index in [4.69, 9.17) is 5.11 Å². The molecule has 2 heterocycles. The predicted octanol–water partition coefficient (Wildman–Crippen LogP) is 1.04. The molecule has 1 aromatic heterocycles. The van der Waals surface area contributed by atoms with Crippen molar-refractivity contribution in [2.45, 2.75) is 17.1 Å². The number of thiophene rings is 1. The van der Waals surface area contributed by atoms with E-state index in [2.05, 4.69) is 4.74 Å². The van der Waals surface area contributed by atoms with Gasteiger partial charge in [0.05, 0.1) is 7.11 Å². The van der Waals surface area contributed by atoms with Crippen molar-refractivity contribution in [2.75, 3.05) is 20.3 Å². The van der Waals surface area contributed by atoms with Crippen LogP contribution in [-0.4, -0.2) is 44.1 Å². The molecule has 8 heteroatoms. The molecule has 0 spiro atoms. The average molecular weight is 317 g/mol. The van der Waals surface area contributed by atoms with Crippen LogP contribution in [0.2, 0.25) is 0 Å². The molecule has 1 aliphatic heterocycles. The second kappa shape index (κ2) is 5.94. The van der Waals surface area contributed by atoms with Gasteiger partial charge in [-0.1, -0.05) is 0 Å². The molecule has 0 aliphatic carbocycles. The number of unbranched alkanes of at least 4 members (excludes halogenated alkanes) is 1. The molecule has 20 heavy (non-hydrogen) atoms. The molecular formula is C12H15NO5S2. The van der Waals surface area contributed by atoms with Gasteiger partial charge in [0.25, 0.3) is 10.0 Å². The monoisotopic (exact) mass is 317 g/mol. The highest BCUT2D eigenvalue weighted by Crippen LogP contribution is 2.35. The number of carbonyl (C=O) groups excluding carboxylic acids is 1. The Morgan fingerprint density at radius 2 is 2.20 bits per heavy atom. The van der Waals surface area contributed by atoms with Crippen LogP contribution in [0.5, 0.6) is 0 Å². The van der Waals surface area contributed by atoms with Crippen molar-refractivity contribution in [3.8, 4) is 0 Å². The van der Waals surface area contributed by atoms with Crippen LogP contribution in [-0.2, 0) is 19.6 Å². The molecule has 0 unspecified atom stereocenters. The van der Waals surface area contributed by atoms with E-state index in [1.165, 1.54) is 13.2 Å². The second-order valence-electron chi connectivity index (χ2n) is 4.19. The fraction of sp³-hybridized carbons (Fsp3) is 0.417. The summed E-state index contributed by atoms with van der Waals surface area (Å²) >= 11 is 1.12. The van der Waals surface area contributed by atoms with E-state index in [0.29, 0.717) is 18.4 Å². The maximum absolute atomic E-state index is 12.5. The summed E-state index contributed by atoms with van der Waals surface area (Å²) in [5.74, 6) is -0.686. The van der Waals surface area contributed by atoms with Gasteiger partial charge in [-0.05, 0) is 30.4 Å². The van der Waals surface area contributed by atoms with Gasteiger partial charge in [-0.2, -0.15) is 0 Å². The Labute approximate surface area is 121 Å². The zero-order chi connectivity index (χ0) is 14.8. The normalized spacial score (nSPS) is 16.5. The van der Waals surface area contributed by atoms with Crippen molar-refractivity contribution in [3.05, 3.63) is 22.7 Å². The Kier molecular flexibility index (Phi) is 4.46. The van der Waals surface area contributed by atoms with Crippen LogP contribution < -0.4 is 0 Å². The largest absolute Gasteiger partial charge is 0.464 e. The lowest BCUT2D eigenvalue weighted by atomic mass is 10.2. The number of sulfonamides is 1. The zero-order valence-corrected chi connectivity index (χ0v) is 12.5. The summed E-state index contributed by atoms with van der Waals surface area (Å²) in [6, 6.07) is 1.66. The summed E-state index contributed by atoms with van der Waals surface area (Å²) < 4.78 is 31.0. The highest BCUT2D eigenvalue weighted by atomic mass is 32.2. The van der Waals surface area contributed by atoms with E-state index in [9.17, 15) is 13.2 Å². The molecule has 0 aromatic carbocycles. The number of aliphatic hydroxyl groups excluding tert-OH is 1. The number of esters is 1. The highest BCUT2D eigenvalue weighted by molar-refractivity contribution is 7.91. The van der Waals surface area contributed by atoms with Crippen LogP contribution in [0.1, 0.15) is 18.4 Å². The molecule has 0 fully saturated rings. The molecule has 6 nitrogen and oxygen atoms in total. The third-order valence-electron chi connectivity index (χ3n) is 2.91. The number of fused-ring (bicyclic) bond motifs is 1. The average Bonchev–Trinajstić information content (AvgIpc) is 2.89. The maximum Gasteiger partial charge on any atom is 0.355 e. The number of hydrogen-bond acceptors (Lipinski definition) is 6. The smallest absolute Gasteiger partial charge is 0.355 e. The van der Waals surface area contributed by atoms with Gasteiger partial charge < -0.3 is 9.84 Å². The summed E-state index contributed by atoms with van der Waals surface area (Å²) in [5.41, 5.74) is 0.519. The van der Waals surface area contributed by atoms with E-state index < -0.39 is 16.0 Å². The van der Waals surface area contributed by atoms with Gasteiger partial charge >= 0.3 is 5.97 Å². The van der Waals surface area contributed by atoms with Crippen molar-refractivity contribution in [1.82, 2.24) is 4.31 Å². The van der Waals surface area contributed by atoms with Crippen molar-refractivity contribution < 1.29 is 23.1 Å². The molecule has 0 saturated carbocycles. The van der Waals surface area contributed by atoms with Gasteiger partial charge in [0, 0.05) is 18.7 Å². The number of ether oxygens (including phenoxy) is 1. The summed E-state index contributed by atoms with van der Waals surface area (Å²) in [6.45, 7) is 0.122. The minimum atomic E-state index is -3.72. The van der Waals surface area contributed by atoms with Crippen LogP contribution in [0.25, 0.3) is 6.08 Å². The molecule has 0 amide bonds. The summed E-state index contributed by atoms with van der Waals surface area (Å²) in [5, 5.41) is 10.5. The minimum Gasteiger partial charge on any atom is -0.464 e. The lowest BCUT2D eigenvalue weighted by molar-refractivity contribution is -0.137. The molecule has 0 radical (unpaired) electrons. The molecular weight excluding hydrogens is 302 g/mol. The standard InChI is InChI=1S/C12H15NO5S2/c1-18-11(15)10-8-9-4-7-19-12(9)20(16,17)13(10)5-2-3-6-14/h4,7-8,14H,2-3,5-6H2,1H3. The number of hydrogen-bond donors (Lipinski definition) is 1. The van der Waals surface area contributed by atoms with Crippen LogP contribution in [0.4, 0.5) is 0 Å². The third kappa shape index (κ3) is 2.58. The van der Waals surface area contributed by atoms with Crippen LogP contribution in [0.15, 0.2) is 21.4 Å². The zero-order valence-electron chi connectivity index (χ0n) is 10.9. The molecule has 0 bridgehead atoms. The van der Waals surface area contributed by atoms with Crippen molar-refractivity contribution in [2.24, 2.45) is 0 Å². The van der Waals surface area contributed by atoms with Crippen molar-refractivity contribution in [3.63, 3.8) is 0 Å². The first-order chi connectivity index (χ1) is 9.52. The van der Waals surface area contributed by atoms with E-state index in [1.807, 2.05) is 0 Å².